The third-order valence-electron chi connectivity index (χ3n) is 4.03. The lowest BCUT2D eigenvalue weighted by Gasteiger charge is -2.07. The second-order valence-electron chi connectivity index (χ2n) is 5.83. The quantitative estimate of drug-likeness (QED) is 0.600. The Labute approximate surface area is 154 Å². The Balaban J connectivity index is 1.59. The Morgan fingerprint density at radius 2 is 1.93 bits per heavy atom. The monoisotopic (exact) mass is 362 g/mol. The number of aromatic nitrogens is 3. The van der Waals surface area contributed by atoms with Gasteiger partial charge in [-0.05, 0) is 30.3 Å². The summed E-state index contributed by atoms with van der Waals surface area (Å²) in [7, 11) is 1.37. The minimum atomic E-state index is -0.593. The molecule has 6 nitrogen and oxygen atoms in total. The van der Waals surface area contributed by atoms with Gasteiger partial charge in [-0.15, -0.1) is 5.10 Å². The van der Waals surface area contributed by atoms with Gasteiger partial charge in [0.1, 0.15) is 0 Å². The van der Waals surface area contributed by atoms with E-state index in [1.807, 2.05) is 30.3 Å². The molecule has 1 amide bonds. The summed E-state index contributed by atoms with van der Waals surface area (Å²) >= 11 is 0. The molecule has 4 aromatic rings. The second kappa shape index (κ2) is 6.87. The number of rotatable bonds is 4. The van der Waals surface area contributed by atoms with Crippen molar-refractivity contribution < 1.29 is 13.9 Å². The van der Waals surface area contributed by atoms with Gasteiger partial charge in [0.2, 0.25) is 0 Å². The van der Waals surface area contributed by atoms with Gasteiger partial charge in [0, 0.05) is 11.1 Å². The molecule has 134 valence electrons. The third-order valence-corrected chi connectivity index (χ3v) is 4.03. The number of halogens is 1. The van der Waals surface area contributed by atoms with Gasteiger partial charge >= 0.3 is 0 Å². The molecular weight excluding hydrogens is 347 g/mol. The highest BCUT2D eigenvalue weighted by molar-refractivity contribution is 6.04. The number of carbonyl (C=O) groups excluding carboxylic acids is 1. The number of amides is 1. The van der Waals surface area contributed by atoms with Gasteiger partial charge in [0.05, 0.1) is 19.0 Å². The number of methoxy groups -OCH3 is 1. The average Bonchev–Trinajstić information content (AvgIpc) is 3.12. The highest BCUT2D eigenvalue weighted by Crippen LogP contribution is 2.20. The summed E-state index contributed by atoms with van der Waals surface area (Å²) < 4.78 is 20.2. The van der Waals surface area contributed by atoms with E-state index in [1.165, 1.54) is 19.2 Å². The lowest BCUT2D eigenvalue weighted by Crippen LogP contribution is -2.12. The molecule has 0 aliphatic rings. The molecule has 7 heteroatoms. The Hall–Kier alpha value is -3.74. The van der Waals surface area contributed by atoms with E-state index in [-0.39, 0.29) is 11.3 Å². The van der Waals surface area contributed by atoms with Gasteiger partial charge in [-0.25, -0.2) is 13.9 Å². The zero-order chi connectivity index (χ0) is 18.8. The van der Waals surface area contributed by atoms with Crippen LogP contribution in [0.15, 0.2) is 66.9 Å². The van der Waals surface area contributed by atoms with Gasteiger partial charge in [0.25, 0.3) is 5.91 Å². The molecule has 0 radical (unpaired) electrons. The number of hydrogen-bond acceptors (Lipinski definition) is 4. The van der Waals surface area contributed by atoms with Crippen LogP contribution in [0.25, 0.3) is 17.0 Å². The topological polar surface area (TPSA) is 68.5 Å². The molecule has 0 spiro atoms. The summed E-state index contributed by atoms with van der Waals surface area (Å²) in [6, 6.07) is 17.1. The van der Waals surface area contributed by atoms with E-state index in [4.69, 9.17) is 4.74 Å². The zero-order valence-electron chi connectivity index (χ0n) is 14.4. The zero-order valence-corrected chi connectivity index (χ0v) is 14.4. The number of benzene rings is 2. The van der Waals surface area contributed by atoms with Gasteiger partial charge in [-0.1, -0.05) is 30.3 Å². The molecule has 0 aliphatic heterocycles. The lowest BCUT2D eigenvalue weighted by atomic mass is 10.2. The fraction of sp³-hybridized carbons (Fsp3) is 0.0500. The minimum Gasteiger partial charge on any atom is -0.494 e. The Bertz CT molecular complexity index is 1130. The van der Waals surface area contributed by atoms with Crippen LogP contribution < -0.4 is 10.1 Å². The van der Waals surface area contributed by atoms with Crippen LogP contribution in [0.1, 0.15) is 10.4 Å². The normalized spacial score (nSPS) is 10.7. The number of anilines is 1. The fourth-order valence-corrected chi connectivity index (χ4v) is 2.68. The van der Waals surface area contributed by atoms with Crippen molar-refractivity contribution in [3.8, 4) is 17.1 Å². The van der Waals surface area contributed by atoms with Crippen LogP contribution in [-0.4, -0.2) is 27.6 Å². The van der Waals surface area contributed by atoms with Crippen LogP contribution in [0, 0.1) is 5.82 Å². The molecule has 27 heavy (non-hydrogen) atoms. The summed E-state index contributed by atoms with van der Waals surface area (Å²) in [5, 5.41) is 7.17. The van der Waals surface area contributed by atoms with E-state index in [0.29, 0.717) is 17.2 Å². The smallest absolute Gasteiger partial charge is 0.255 e. The number of pyridine rings is 1. The minimum absolute atomic E-state index is 0.0871. The van der Waals surface area contributed by atoms with E-state index >= 15 is 0 Å². The molecule has 0 bridgehead atoms. The van der Waals surface area contributed by atoms with E-state index < -0.39 is 11.7 Å². The predicted octanol–water partition coefficient (Wildman–Crippen LogP) is 3.80. The molecule has 2 aromatic carbocycles. The standard InChI is InChI=1S/C20H15FN4O2/c1-27-17-9-7-14(11-16(17)21)20(26)22-15-8-10-18-23-19(24-25(18)12-15)13-5-3-2-4-6-13/h2-12H,1H3,(H,22,26). The first-order valence-corrected chi connectivity index (χ1v) is 8.21. The number of ether oxygens (including phenoxy) is 1. The molecule has 1 N–H and O–H groups in total. The fourth-order valence-electron chi connectivity index (χ4n) is 2.68. The number of fused-ring (bicyclic) bond motifs is 1. The van der Waals surface area contributed by atoms with Gasteiger partial charge in [-0.3, -0.25) is 4.79 Å². The van der Waals surface area contributed by atoms with Crippen molar-refractivity contribution in [1.29, 1.82) is 0 Å². The summed E-state index contributed by atoms with van der Waals surface area (Å²) in [4.78, 5) is 16.8. The van der Waals surface area contributed by atoms with Crippen molar-refractivity contribution in [1.82, 2.24) is 14.6 Å². The van der Waals surface area contributed by atoms with Crippen LogP contribution in [0.4, 0.5) is 10.1 Å². The largest absolute Gasteiger partial charge is 0.494 e. The predicted molar refractivity (Wildman–Crippen MR) is 99.3 cm³/mol. The van der Waals surface area contributed by atoms with E-state index in [0.717, 1.165) is 11.6 Å². The maximum atomic E-state index is 13.8. The average molecular weight is 362 g/mol. The summed E-state index contributed by atoms with van der Waals surface area (Å²) in [6.07, 6.45) is 1.66. The van der Waals surface area contributed by atoms with Crippen molar-refractivity contribution in [3.63, 3.8) is 0 Å². The molecule has 0 fully saturated rings. The third kappa shape index (κ3) is 3.35. The Kier molecular flexibility index (Phi) is 4.25. The molecule has 2 aromatic heterocycles. The van der Waals surface area contributed by atoms with Crippen molar-refractivity contribution in [2.45, 2.75) is 0 Å². The number of carbonyl (C=O) groups is 1. The summed E-state index contributed by atoms with van der Waals surface area (Å²) in [5.74, 6) is -0.344. The Morgan fingerprint density at radius 3 is 2.67 bits per heavy atom. The second-order valence-corrected chi connectivity index (χ2v) is 5.83. The van der Waals surface area contributed by atoms with Crippen molar-refractivity contribution in [2.24, 2.45) is 0 Å². The molecule has 0 atom stereocenters. The van der Waals surface area contributed by atoms with Crippen molar-refractivity contribution in [2.75, 3.05) is 12.4 Å². The molecule has 0 aliphatic carbocycles. The van der Waals surface area contributed by atoms with Crippen LogP contribution in [-0.2, 0) is 0 Å². The summed E-state index contributed by atoms with van der Waals surface area (Å²) in [5.41, 5.74) is 2.27. The highest BCUT2D eigenvalue weighted by atomic mass is 19.1. The number of nitrogens with zero attached hydrogens (tertiary/aromatic N) is 3. The first kappa shape index (κ1) is 16.7. The van der Waals surface area contributed by atoms with Crippen molar-refractivity contribution in [3.05, 3.63) is 78.2 Å². The molecule has 0 unspecified atom stereocenters. The molecular formula is C20H15FN4O2. The van der Waals surface area contributed by atoms with Crippen molar-refractivity contribution >= 4 is 17.2 Å². The highest BCUT2D eigenvalue weighted by Gasteiger charge is 2.12. The maximum Gasteiger partial charge on any atom is 0.255 e. The van der Waals surface area contributed by atoms with Crippen LogP contribution in [0.5, 0.6) is 5.75 Å². The number of nitrogens with one attached hydrogen (secondary N) is 1. The van der Waals surface area contributed by atoms with Gasteiger partial charge in [0.15, 0.2) is 23.0 Å². The first-order chi connectivity index (χ1) is 13.1. The molecule has 0 saturated heterocycles. The maximum absolute atomic E-state index is 13.8. The summed E-state index contributed by atoms with van der Waals surface area (Å²) in [6.45, 7) is 0. The van der Waals surface area contributed by atoms with Crippen LogP contribution in [0.3, 0.4) is 0 Å². The van der Waals surface area contributed by atoms with E-state index in [9.17, 15) is 9.18 Å². The molecule has 0 saturated carbocycles. The van der Waals surface area contributed by atoms with Gasteiger partial charge < -0.3 is 10.1 Å². The van der Waals surface area contributed by atoms with Crippen LogP contribution >= 0.6 is 0 Å². The lowest BCUT2D eigenvalue weighted by molar-refractivity contribution is 0.102. The molecule has 2 heterocycles. The van der Waals surface area contributed by atoms with E-state index in [2.05, 4.69) is 15.4 Å². The first-order valence-electron chi connectivity index (χ1n) is 8.21. The SMILES string of the molecule is COc1ccc(C(=O)Nc2ccc3nc(-c4ccccc4)nn3c2)cc1F. The Morgan fingerprint density at radius 1 is 1.11 bits per heavy atom. The number of hydrogen-bond donors (Lipinski definition) is 1. The molecule has 4 rings (SSSR count). The van der Waals surface area contributed by atoms with E-state index in [1.54, 1.807) is 22.8 Å². The van der Waals surface area contributed by atoms with Crippen LogP contribution in [0.2, 0.25) is 0 Å². The van der Waals surface area contributed by atoms with Gasteiger partial charge in [-0.2, -0.15) is 0 Å².